The molecule has 1 amide bonds. The van der Waals surface area contributed by atoms with Crippen LogP contribution in [0.4, 0.5) is 27.6 Å². The van der Waals surface area contributed by atoms with Gasteiger partial charge < -0.3 is 10.1 Å². The molecule has 1 N–H and O–H groups in total. The van der Waals surface area contributed by atoms with E-state index in [0.717, 1.165) is 13.0 Å². The van der Waals surface area contributed by atoms with Crippen LogP contribution in [-0.2, 0) is 15.1 Å². The van der Waals surface area contributed by atoms with E-state index in [0.29, 0.717) is 18.9 Å². The summed E-state index contributed by atoms with van der Waals surface area (Å²) in [4.78, 5) is 11.9. The standard InChI is InChI=1S/C16H12F5NO2/c1-8-14(23)22-11-5-4-10(17)13(18)12(11)15(24-8,16(19,20)21)7-6-9-2-3-9/h4-5,8-9H,2-3H2,1H3,(H,22,23). The molecule has 0 saturated heterocycles. The molecular formula is C16H12F5NO2. The Morgan fingerprint density at radius 2 is 1.96 bits per heavy atom. The zero-order valence-corrected chi connectivity index (χ0v) is 12.4. The van der Waals surface area contributed by atoms with E-state index in [2.05, 4.69) is 11.2 Å². The molecule has 24 heavy (non-hydrogen) atoms. The normalized spacial score (nSPS) is 26.8. The number of benzene rings is 1. The molecule has 8 heteroatoms. The van der Waals surface area contributed by atoms with Crippen LogP contribution >= 0.6 is 0 Å². The molecule has 1 saturated carbocycles. The Morgan fingerprint density at radius 3 is 2.54 bits per heavy atom. The highest BCUT2D eigenvalue weighted by Crippen LogP contribution is 2.48. The Balaban J connectivity index is 2.32. The molecule has 3 rings (SSSR count). The molecule has 1 aromatic carbocycles. The smallest absolute Gasteiger partial charge is 0.337 e. The van der Waals surface area contributed by atoms with Crippen molar-refractivity contribution in [3.8, 4) is 11.8 Å². The molecule has 1 heterocycles. The van der Waals surface area contributed by atoms with Crippen molar-refractivity contribution in [2.24, 2.45) is 5.92 Å². The van der Waals surface area contributed by atoms with E-state index in [1.807, 2.05) is 5.92 Å². The van der Waals surface area contributed by atoms with Crippen molar-refractivity contribution in [3.63, 3.8) is 0 Å². The van der Waals surface area contributed by atoms with Gasteiger partial charge in [0.15, 0.2) is 11.6 Å². The van der Waals surface area contributed by atoms with Crippen molar-refractivity contribution in [3.05, 3.63) is 29.3 Å². The highest BCUT2D eigenvalue weighted by Gasteiger charge is 2.62. The quantitative estimate of drug-likeness (QED) is 0.577. The van der Waals surface area contributed by atoms with E-state index in [1.54, 1.807) is 0 Å². The second-order valence-corrected chi connectivity index (χ2v) is 5.76. The number of nitrogens with one attached hydrogen (secondary N) is 1. The van der Waals surface area contributed by atoms with Gasteiger partial charge in [-0.3, -0.25) is 4.79 Å². The Hall–Kier alpha value is -2.14. The zero-order valence-electron chi connectivity index (χ0n) is 12.4. The van der Waals surface area contributed by atoms with E-state index in [9.17, 15) is 26.7 Å². The van der Waals surface area contributed by atoms with Gasteiger partial charge in [-0.1, -0.05) is 11.8 Å². The van der Waals surface area contributed by atoms with Crippen LogP contribution in [0.25, 0.3) is 0 Å². The average molecular weight is 345 g/mol. The molecule has 1 aromatic rings. The lowest BCUT2D eigenvalue weighted by Gasteiger charge is -2.32. The van der Waals surface area contributed by atoms with E-state index in [-0.39, 0.29) is 5.92 Å². The fourth-order valence-corrected chi connectivity index (χ4v) is 2.41. The molecule has 1 aliphatic heterocycles. The van der Waals surface area contributed by atoms with Crippen LogP contribution in [0, 0.1) is 29.4 Å². The lowest BCUT2D eigenvalue weighted by Crippen LogP contribution is -2.46. The number of carbonyl (C=O) groups is 1. The summed E-state index contributed by atoms with van der Waals surface area (Å²) in [5.41, 5.74) is -5.08. The van der Waals surface area contributed by atoms with E-state index in [4.69, 9.17) is 4.74 Å². The van der Waals surface area contributed by atoms with Gasteiger partial charge in [-0.2, -0.15) is 13.2 Å². The summed E-state index contributed by atoms with van der Waals surface area (Å²) >= 11 is 0. The van der Waals surface area contributed by atoms with Gasteiger partial charge in [0, 0.05) is 5.92 Å². The minimum Gasteiger partial charge on any atom is -0.337 e. The molecule has 0 spiro atoms. The number of carbonyl (C=O) groups excluding carboxylic acids is 1. The van der Waals surface area contributed by atoms with Gasteiger partial charge in [0.05, 0.1) is 11.3 Å². The molecule has 1 aliphatic carbocycles. The number of hydrogen-bond acceptors (Lipinski definition) is 2. The van der Waals surface area contributed by atoms with Crippen molar-refractivity contribution in [1.29, 1.82) is 0 Å². The fraction of sp³-hybridized carbons (Fsp3) is 0.438. The molecule has 2 unspecified atom stereocenters. The summed E-state index contributed by atoms with van der Waals surface area (Å²) in [6, 6.07) is 1.51. The molecule has 2 aliphatic rings. The topological polar surface area (TPSA) is 38.3 Å². The van der Waals surface area contributed by atoms with E-state index in [1.165, 1.54) is 0 Å². The molecule has 1 fully saturated rings. The molecule has 128 valence electrons. The lowest BCUT2D eigenvalue weighted by atomic mass is 9.90. The third kappa shape index (κ3) is 2.63. The minimum atomic E-state index is -5.18. The maximum atomic E-state index is 14.3. The van der Waals surface area contributed by atoms with Gasteiger partial charge >= 0.3 is 6.18 Å². The van der Waals surface area contributed by atoms with Crippen LogP contribution < -0.4 is 5.32 Å². The second-order valence-electron chi connectivity index (χ2n) is 5.76. The molecule has 0 aromatic heterocycles. The molecule has 2 atom stereocenters. The first kappa shape index (κ1) is 16.7. The summed E-state index contributed by atoms with van der Waals surface area (Å²) < 4.78 is 74.5. The Labute approximate surface area is 134 Å². The van der Waals surface area contributed by atoms with Gasteiger partial charge in [-0.15, -0.1) is 0 Å². The Morgan fingerprint density at radius 1 is 1.29 bits per heavy atom. The number of rotatable bonds is 0. The largest absolute Gasteiger partial charge is 0.433 e. The fourth-order valence-electron chi connectivity index (χ4n) is 2.41. The van der Waals surface area contributed by atoms with Gasteiger partial charge in [-0.05, 0) is 31.9 Å². The van der Waals surface area contributed by atoms with E-state index >= 15 is 0 Å². The number of alkyl halides is 3. The van der Waals surface area contributed by atoms with Crippen molar-refractivity contribution >= 4 is 11.6 Å². The van der Waals surface area contributed by atoms with Gasteiger partial charge in [0.2, 0.25) is 0 Å². The summed E-state index contributed by atoms with van der Waals surface area (Å²) in [6.07, 6.45) is -5.48. The van der Waals surface area contributed by atoms with Crippen molar-refractivity contribution in [1.82, 2.24) is 0 Å². The van der Waals surface area contributed by atoms with Gasteiger partial charge in [0.1, 0.15) is 6.10 Å². The van der Waals surface area contributed by atoms with Crippen molar-refractivity contribution in [2.45, 2.75) is 37.6 Å². The number of anilines is 1. The second kappa shape index (κ2) is 5.45. The van der Waals surface area contributed by atoms with E-state index < -0.39 is 46.7 Å². The van der Waals surface area contributed by atoms with Gasteiger partial charge in [-0.25, -0.2) is 8.78 Å². The first-order valence-corrected chi connectivity index (χ1v) is 7.22. The third-order valence-electron chi connectivity index (χ3n) is 3.86. The number of fused-ring (bicyclic) bond motifs is 1. The first-order valence-electron chi connectivity index (χ1n) is 7.22. The van der Waals surface area contributed by atoms with Crippen LogP contribution in [0.3, 0.4) is 0 Å². The minimum absolute atomic E-state index is 0.241. The summed E-state index contributed by atoms with van der Waals surface area (Å²) in [6.45, 7) is 1.09. The van der Waals surface area contributed by atoms with Crippen LogP contribution in [0.15, 0.2) is 12.1 Å². The molecule has 0 radical (unpaired) electrons. The van der Waals surface area contributed by atoms with Crippen molar-refractivity contribution < 1.29 is 31.5 Å². The highest BCUT2D eigenvalue weighted by atomic mass is 19.4. The average Bonchev–Trinajstić information content (AvgIpc) is 3.30. The monoisotopic (exact) mass is 345 g/mol. The number of halogens is 5. The van der Waals surface area contributed by atoms with Gasteiger partial charge in [0.25, 0.3) is 11.5 Å². The number of amides is 1. The number of ether oxygens (including phenoxy) is 1. The van der Waals surface area contributed by atoms with Crippen LogP contribution in [0.1, 0.15) is 25.3 Å². The zero-order chi connectivity index (χ0) is 17.7. The highest BCUT2D eigenvalue weighted by molar-refractivity contribution is 5.95. The maximum absolute atomic E-state index is 14.3. The SMILES string of the molecule is CC1OC(C#CC2CC2)(C(F)(F)F)c2c(ccc(F)c2F)NC1=O. The predicted molar refractivity (Wildman–Crippen MR) is 73.8 cm³/mol. The Kier molecular flexibility index (Phi) is 3.79. The summed E-state index contributed by atoms with van der Waals surface area (Å²) in [5.74, 6) is -0.0139. The molecular weight excluding hydrogens is 333 g/mol. The Bertz CT molecular complexity index is 760. The summed E-state index contributed by atoms with van der Waals surface area (Å²) in [5, 5.41) is 2.13. The van der Waals surface area contributed by atoms with Crippen LogP contribution in [-0.4, -0.2) is 18.2 Å². The third-order valence-corrected chi connectivity index (χ3v) is 3.86. The summed E-state index contributed by atoms with van der Waals surface area (Å²) in [7, 11) is 0. The lowest BCUT2D eigenvalue weighted by molar-refractivity contribution is -0.267. The number of hydrogen-bond donors (Lipinski definition) is 1. The first-order chi connectivity index (χ1) is 11.2. The molecule has 3 nitrogen and oxygen atoms in total. The predicted octanol–water partition coefficient (Wildman–Crippen LogP) is 3.49. The van der Waals surface area contributed by atoms with Crippen molar-refractivity contribution in [2.75, 3.05) is 5.32 Å². The van der Waals surface area contributed by atoms with Crippen LogP contribution in [0.5, 0.6) is 0 Å². The molecule has 0 bridgehead atoms. The maximum Gasteiger partial charge on any atom is 0.433 e. The van der Waals surface area contributed by atoms with Crippen LogP contribution in [0.2, 0.25) is 0 Å².